The molecule has 0 aliphatic carbocycles. The average Bonchev–Trinajstić information content (AvgIpc) is 2.63. The van der Waals surface area contributed by atoms with E-state index < -0.39 is 0 Å². The average molecular weight is 322 g/mol. The molecule has 0 aliphatic heterocycles. The van der Waals surface area contributed by atoms with Gasteiger partial charge in [-0.05, 0) is 54.1 Å². The van der Waals surface area contributed by atoms with Crippen molar-refractivity contribution in [2.24, 2.45) is 0 Å². The van der Waals surface area contributed by atoms with Crippen molar-refractivity contribution in [3.63, 3.8) is 0 Å². The predicted molar refractivity (Wildman–Crippen MR) is 88.3 cm³/mol. The van der Waals surface area contributed by atoms with Crippen LogP contribution in [0.15, 0.2) is 73.1 Å². The van der Waals surface area contributed by atoms with Crippen molar-refractivity contribution in [3.05, 3.63) is 90.0 Å². The summed E-state index contributed by atoms with van der Waals surface area (Å²) >= 11 is 0. The Morgan fingerprint density at radius 3 is 2.50 bits per heavy atom. The lowest BCUT2D eigenvalue weighted by Gasteiger charge is -2.09. The summed E-state index contributed by atoms with van der Waals surface area (Å²) in [6.45, 7) is 0.377. The zero-order valence-corrected chi connectivity index (χ0v) is 12.8. The molecule has 0 saturated heterocycles. The van der Waals surface area contributed by atoms with Gasteiger partial charge in [-0.1, -0.05) is 12.1 Å². The molecule has 1 aromatic heterocycles. The first-order valence-electron chi connectivity index (χ1n) is 7.41. The lowest BCUT2D eigenvalue weighted by Crippen LogP contribution is -2.22. The number of hydrogen-bond acceptors (Lipinski definition) is 3. The van der Waals surface area contributed by atoms with Gasteiger partial charge in [-0.15, -0.1) is 0 Å². The van der Waals surface area contributed by atoms with Crippen molar-refractivity contribution in [3.8, 4) is 11.5 Å². The summed E-state index contributed by atoms with van der Waals surface area (Å²) in [4.78, 5) is 15.9. The van der Waals surface area contributed by atoms with E-state index in [2.05, 4.69) is 10.3 Å². The van der Waals surface area contributed by atoms with E-state index >= 15 is 0 Å². The Kier molecular flexibility index (Phi) is 4.81. The van der Waals surface area contributed by atoms with E-state index in [-0.39, 0.29) is 11.7 Å². The number of amides is 1. The van der Waals surface area contributed by atoms with E-state index in [1.165, 1.54) is 12.1 Å². The number of ether oxygens (including phenoxy) is 1. The number of carbonyl (C=O) groups excluding carboxylic acids is 1. The first-order chi connectivity index (χ1) is 11.7. The number of halogens is 1. The molecule has 0 atom stereocenters. The first kappa shape index (κ1) is 15.7. The Morgan fingerprint density at radius 1 is 1.00 bits per heavy atom. The van der Waals surface area contributed by atoms with Crippen LogP contribution in [0.5, 0.6) is 11.5 Å². The van der Waals surface area contributed by atoms with Crippen LogP contribution >= 0.6 is 0 Å². The number of rotatable bonds is 5. The third kappa shape index (κ3) is 4.16. The van der Waals surface area contributed by atoms with Gasteiger partial charge >= 0.3 is 0 Å². The summed E-state index contributed by atoms with van der Waals surface area (Å²) in [7, 11) is 0. The highest BCUT2D eigenvalue weighted by molar-refractivity contribution is 5.93. The Labute approximate surface area is 138 Å². The van der Waals surface area contributed by atoms with Gasteiger partial charge in [-0.2, -0.15) is 0 Å². The van der Waals surface area contributed by atoms with Crippen LogP contribution in [-0.4, -0.2) is 10.9 Å². The van der Waals surface area contributed by atoms with E-state index in [1.807, 2.05) is 18.2 Å². The van der Waals surface area contributed by atoms with Gasteiger partial charge in [-0.3, -0.25) is 9.78 Å². The molecule has 2 aromatic carbocycles. The molecule has 1 N–H and O–H groups in total. The Bertz CT molecular complexity index is 820. The minimum atomic E-state index is -0.310. The van der Waals surface area contributed by atoms with Crippen LogP contribution < -0.4 is 10.1 Å². The number of carbonyl (C=O) groups is 1. The maximum Gasteiger partial charge on any atom is 0.251 e. The molecule has 5 heteroatoms. The van der Waals surface area contributed by atoms with Gasteiger partial charge in [0.25, 0.3) is 5.91 Å². The Hall–Kier alpha value is -3.21. The molecule has 0 spiro atoms. The molecule has 1 amide bonds. The SMILES string of the molecule is O=C(NCc1cccc(Oc2ccc(F)cc2)c1)c1ccncc1. The van der Waals surface area contributed by atoms with E-state index in [0.717, 1.165) is 5.56 Å². The molecule has 0 saturated carbocycles. The van der Waals surface area contributed by atoms with E-state index in [9.17, 15) is 9.18 Å². The summed E-state index contributed by atoms with van der Waals surface area (Å²) in [5, 5.41) is 2.84. The Balaban J connectivity index is 1.63. The third-order valence-electron chi connectivity index (χ3n) is 3.34. The van der Waals surface area contributed by atoms with Crippen LogP contribution in [0.4, 0.5) is 4.39 Å². The van der Waals surface area contributed by atoms with Crippen molar-refractivity contribution in [2.75, 3.05) is 0 Å². The molecule has 120 valence electrons. The van der Waals surface area contributed by atoms with Gasteiger partial charge in [-0.25, -0.2) is 4.39 Å². The number of benzene rings is 2. The highest BCUT2D eigenvalue weighted by atomic mass is 19.1. The fraction of sp³-hybridized carbons (Fsp3) is 0.0526. The second kappa shape index (κ2) is 7.37. The molecule has 0 bridgehead atoms. The minimum Gasteiger partial charge on any atom is -0.457 e. The smallest absolute Gasteiger partial charge is 0.251 e. The zero-order chi connectivity index (χ0) is 16.8. The quantitative estimate of drug-likeness (QED) is 0.774. The second-order valence-corrected chi connectivity index (χ2v) is 5.12. The van der Waals surface area contributed by atoms with Gasteiger partial charge in [0, 0.05) is 24.5 Å². The largest absolute Gasteiger partial charge is 0.457 e. The molecule has 4 nitrogen and oxygen atoms in total. The lowest BCUT2D eigenvalue weighted by molar-refractivity contribution is 0.0950. The van der Waals surface area contributed by atoms with E-state index in [1.54, 1.807) is 42.7 Å². The van der Waals surface area contributed by atoms with Gasteiger partial charge in [0.2, 0.25) is 0 Å². The molecule has 3 aromatic rings. The summed E-state index contributed by atoms with van der Waals surface area (Å²) < 4.78 is 18.6. The Morgan fingerprint density at radius 2 is 1.75 bits per heavy atom. The van der Waals surface area contributed by atoms with Crippen LogP contribution in [0.2, 0.25) is 0 Å². The number of hydrogen-bond donors (Lipinski definition) is 1. The molecule has 1 heterocycles. The highest BCUT2D eigenvalue weighted by Gasteiger charge is 2.05. The van der Waals surface area contributed by atoms with Crippen molar-refractivity contribution >= 4 is 5.91 Å². The fourth-order valence-electron chi connectivity index (χ4n) is 2.15. The number of pyridine rings is 1. The fourth-order valence-corrected chi connectivity index (χ4v) is 2.15. The predicted octanol–water partition coefficient (Wildman–Crippen LogP) is 3.94. The van der Waals surface area contributed by atoms with Crippen LogP contribution in [0, 0.1) is 5.82 Å². The maximum atomic E-state index is 12.9. The van der Waals surface area contributed by atoms with Crippen LogP contribution in [0.1, 0.15) is 15.9 Å². The molecular formula is C19H15FN2O2. The number of nitrogens with one attached hydrogen (secondary N) is 1. The van der Waals surface area contributed by atoms with Gasteiger partial charge in [0.15, 0.2) is 0 Å². The zero-order valence-electron chi connectivity index (χ0n) is 12.8. The van der Waals surface area contributed by atoms with Crippen molar-refractivity contribution < 1.29 is 13.9 Å². The summed E-state index contributed by atoms with van der Waals surface area (Å²) in [6, 6.07) is 16.5. The second-order valence-electron chi connectivity index (χ2n) is 5.12. The van der Waals surface area contributed by atoms with Gasteiger partial charge in [0.1, 0.15) is 17.3 Å². The molecule has 24 heavy (non-hydrogen) atoms. The lowest BCUT2D eigenvalue weighted by atomic mass is 10.2. The monoisotopic (exact) mass is 322 g/mol. The van der Waals surface area contributed by atoms with Gasteiger partial charge in [0.05, 0.1) is 0 Å². The highest BCUT2D eigenvalue weighted by Crippen LogP contribution is 2.22. The molecular weight excluding hydrogens is 307 g/mol. The summed E-state index contributed by atoms with van der Waals surface area (Å²) in [5.74, 6) is 0.698. The van der Waals surface area contributed by atoms with Crippen molar-refractivity contribution in [1.29, 1.82) is 0 Å². The van der Waals surface area contributed by atoms with Crippen LogP contribution in [0.25, 0.3) is 0 Å². The van der Waals surface area contributed by atoms with E-state index in [4.69, 9.17) is 4.74 Å². The normalized spacial score (nSPS) is 10.2. The third-order valence-corrected chi connectivity index (χ3v) is 3.34. The standard InChI is InChI=1S/C19H15FN2O2/c20-16-4-6-17(7-5-16)24-18-3-1-2-14(12-18)13-22-19(23)15-8-10-21-11-9-15/h1-12H,13H2,(H,22,23). The first-order valence-corrected chi connectivity index (χ1v) is 7.41. The van der Waals surface area contributed by atoms with Gasteiger partial charge < -0.3 is 10.1 Å². The molecule has 0 fully saturated rings. The topological polar surface area (TPSA) is 51.2 Å². The molecule has 0 unspecified atom stereocenters. The van der Waals surface area contributed by atoms with Crippen molar-refractivity contribution in [2.45, 2.75) is 6.54 Å². The summed E-state index contributed by atoms with van der Waals surface area (Å²) in [6.07, 6.45) is 3.15. The minimum absolute atomic E-state index is 0.165. The van der Waals surface area contributed by atoms with Crippen LogP contribution in [0.3, 0.4) is 0 Å². The van der Waals surface area contributed by atoms with E-state index in [0.29, 0.717) is 23.6 Å². The maximum absolute atomic E-state index is 12.9. The molecule has 0 radical (unpaired) electrons. The summed E-state index contributed by atoms with van der Waals surface area (Å²) in [5.41, 5.74) is 1.46. The molecule has 3 rings (SSSR count). The number of aromatic nitrogens is 1. The van der Waals surface area contributed by atoms with Crippen LogP contribution in [-0.2, 0) is 6.54 Å². The van der Waals surface area contributed by atoms with Crippen molar-refractivity contribution in [1.82, 2.24) is 10.3 Å². The molecule has 0 aliphatic rings. The number of nitrogens with zero attached hydrogens (tertiary/aromatic N) is 1.